The lowest BCUT2D eigenvalue weighted by molar-refractivity contribution is 0.539. The molecule has 1 rings (SSSR count). The normalized spacial score (nSPS) is 9.18. The van der Waals surface area contributed by atoms with Crippen LogP contribution in [0.4, 0.5) is 0 Å². The third kappa shape index (κ3) is 1.89. The van der Waals surface area contributed by atoms with Crippen LogP contribution in [0.3, 0.4) is 0 Å². The number of aromatic nitrogens is 1. The minimum atomic E-state index is 0.230. The van der Waals surface area contributed by atoms with Gasteiger partial charge in [-0.15, -0.1) is 0 Å². The Labute approximate surface area is 75.1 Å². The lowest BCUT2D eigenvalue weighted by atomic mass is 10.4. The molecule has 0 aliphatic heterocycles. The van der Waals surface area contributed by atoms with Crippen molar-refractivity contribution in [3.63, 3.8) is 0 Å². The third-order valence-corrected chi connectivity index (χ3v) is 1.62. The van der Waals surface area contributed by atoms with Gasteiger partial charge in [0.15, 0.2) is 5.88 Å². The van der Waals surface area contributed by atoms with Crippen LogP contribution in [0.1, 0.15) is 0 Å². The molecule has 3 nitrogen and oxygen atoms in total. The van der Waals surface area contributed by atoms with Crippen molar-refractivity contribution in [3.05, 3.63) is 16.6 Å². The van der Waals surface area contributed by atoms with Gasteiger partial charge in [-0.1, -0.05) is 0 Å². The number of pyridine rings is 1. The molecule has 0 bridgehead atoms. The Morgan fingerprint density at radius 2 is 2.00 bits per heavy atom. The highest BCUT2D eigenvalue weighted by molar-refractivity contribution is 9.10. The summed E-state index contributed by atoms with van der Waals surface area (Å²) in [5, 5.41) is 0. The van der Waals surface area contributed by atoms with E-state index in [9.17, 15) is 0 Å². The van der Waals surface area contributed by atoms with Crippen molar-refractivity contribution in [1.29, 1.82) is 0 Å². The third-order valence-electron chi connectivity index (χ3n) is 1.02. The predicted octanol–water partition coefficient (Wildman–Crippen LogP) is 0.769. The average molecular weight is 210 g/mol. The lowest BCUT2D eigenvalue weighted by Crippen LogP contribution is -1.94. The Morgan fingerprint density at radius 1 is 1.27 bits per heavy atom. The van der Waals surface area contributed by atoms with Crippen LogP contribution >= 0.6 is 15.9 Å². The molecule has 1 heterocycles. The molecule has 11 heavy (non-hydrogen) atoms. The topological polar surface area (TPSA) is 31.4 Å². The summed E-state index contributed by atoms with van der Waals surface area (Å²) in [7, 11) is 9.73. The van der Waals surface area contributed by atoms with Crippen molar-refractivity contribution in [2.75, 3.05) is 0 Å². The molecule has 0 N–H and O–H groups in total. The van der Waals surface area contributed by atoms with Gasteiger partial charge in [0.05, 0.1) is 4.47 Å². The molecule has 0 aromatic carbocycles. The maximum atomic E-state index is 4.89. The highest BCUT2D eigenvalue weighted by Crippen LogP contribution is 2.24. The second kappa shape index (κ2) is 3.66. The minimum absolute atomic E-state index is 0.230. The summed E-state index contributed by atoms with van der Waals surface area (Å²) in [6.45, 7) is 0. The van der Waals surface area contributed by atoms with Crippen LogP contribution in [0.15, 0.2) is 16.6 Å². The molecular weight excluding hydrogens is 208 g/mol. The van der Waals surface area contributed by atoms with Crippen LogP contribution in [0.2, 0.25) is 0 Å². The van der Waals surface area contributed by atoms with Crippen molar-refractivity contribution >= 4 is 32.0 Å². The van der Waals surface area contributed by atoms with Gasteiger partial charge < -0.3 is 9.31 Å². The molecule has 1 aromatic rings. The van der Waals surface area contributed by atoms with E-state index in [1.807, 2.05) is 0 Å². The molecule has 6 heteroatoms. The lowest BCUT2D eigenvalue weighted by Gasteiger charge is -2.04. The van der Waals surface area contributed by atoms with E-state index in [4.69, 9.17) is 16.1 Å². The van der Waals surface area contributed by atoms with Gasteiger partial charge >= 0.3 is 16.1 Å². The van der Waals surface area contributed by atoms with Gasteiger partial charge in [0.2, 0.25) is 5.88 Å². The first-order valence-corrected chi connectivity index (χ1v) is 3.47. The van der Waals surface area contributed by atoms with Crippen LogP contribution in [0.5, 0.6) is 11.8 Å². The fourth-order valence-electron chi connectivity index (χ4n) is 0.555. The van der Waals surface area contributed by atoms with Crippen LogP contribution < -0.4 is 9.31 Å². The van der Waals surface area contributed by atoms with Crippen molar-refractivity contribution < 1.29 is 9.31 Å². The molecule has 0 atom stereocenters. The maximum absolute atomic E-state index is 4.89. The van der Waals surface area contributed by atoms with Crippen LogP contribution in [-0.4, -0.2) is 21.1 Å². The fraction of sp³-hybridized carbons (Fsp3) is 0. The van der Waals surface area contributed by atoms with Crippen molar-refractivity contribution in [2.24, 2.45) is 0 Å². The first-order valence-electron chi connectivity index (χ1n) is 2.68. The Bertz CT molecular complexity index is 258. The van der Waals surface area contributed by atoms with Crippen molar-refractivity contribution in [3.8, 4) is 11.8 Å². The summed E-state index contributed by atoms with van der Waals surface area (Å²) in [4.78, 5) is 3.77. The molecule has 0 amide bonds. The molecule has 0 saturated carbocycles. The molecule has 4 radical (unpaired) electrons. The summed E-state index contributed by atoms with van der Waals surface area (Å²) in [6.07, 6.45) is 0. The number of rotatable bonds is 2. The van der Waals surface area contributed by atoms with E-state index in [1.165, 1.54) is 0 Å². The van der Waals surface area contributed by atoms with Crippen LogP contribution in [0.25, 0.3) is 0 Å². The van der Waals surface area contributed by atoms with Gasteiger partial charge in [0.25, 0.3) is 0 Å². The molecule has 0 aliphatic rings. The van der Waals surface area contributed by atoms with Crippen molar-refractivity contribution in [2.45, 2.75) is 0 Å². The van der Waals surface area contributed by atoms with E-state index >= 15 is 0 Å². The van der Waals surface area contributed by atoms with E-state index in [2.05, 4.69) is 30.2 Å². The highest BCUT2D eigenvalue weighted by atomic mass is 79.9. The zero-order valence-electron chi connectivity index (χ0n) is 5.45. The van der Waals surface area contributed by atoms with Gasteiger partial charge in [-0.2, -0.15) is 4.98 Å². The minimum Gasteiger partial charge on any atom is -0.555 e. The van der Waals surface area contributed by atoms with E-state index in [-0.39, 0.29) is 11.8 Å². The van der Waals surface area contributed by atoms with Crippen molar-refractivity contribution in [1.82, 2.24) is 4.98 Å². The van der Waals surface area contributed by atoms with Crippen LogP contribution in [-0.2, 0) is 0 Å². The second-order valence-corrected chi connectivity index (χ2v) is 2.53. The molecule has 0 spiro atoms. The Kier molecular flexibility index (Phi) is 2.82. The van der Waals surface area contributed by atoms with Gasteiger partial charge in [-0.05, 0) is 28.1 Å². The van der Waals surface area contributed by atoms with Crippen LogP contribution in [0, 0.1) is 0 Å². The average Bonchev–Trinajstić information content (AvgIpc) is 2.05. The first-order chi connectivity index (χ1) is 5.27. The van der Waals surface area contributed by atoms with E-state index < -0.39 is 0 Å². The number of hydrogen-bond acceptors (Lipinski definition) is 3. The number of nitrogens with zero attached hydrogens (tertiary/aromatic N) is 1. The van der Waals surface area contributed by atoms with Gasteiger partial charge in [-0.25, -0.2) is 0 Å². The smallest absolute Gasteiger partial charge is 0.376 e. The van der Waals surface area contributed by atoms with E-state index in [0.717, 1.165) is 0 Å². The number of halogens is 1. The molecule has 52 valence electrons. The fourth-order valence-corrected chi connectivity index (χ4v) is 0.869. The summed E-state index contributed by atoms with van der Waals surface area (Å²) < 4.78 is 9.38. The molecule has 0 fully saturated rings. The van der Waals surface area contributed by atoms with Gasteiger partial charge in [-0.3, -0.25) is 0 Å². The van der Waals surface area contributed by atoms with Gasteiger partial charge in [0, 0.05) is 0 Å². The quantitative estimate of drug-likeness (QED) is 0.675. The number of hydrogen-bond donors (Lipinski definition) is 0. The summed E-state index contributed by atoms with van der Waals surface area (Å²) in [5.41, 5.74) is 0. The predicted molar refractivity (Wildman–Crippen MR) is 44.7 cm³/mol. The SMILES string of the molecule is [B]Oc1ccc(Br)c(O[B])n1. The maximum Gasteiger partial charge on any atom is 0.376 e. The summed E-state index contributed by atoms with van der Waals surface area (Å²) >= 11 is 3.16. The zero-order chi connectivity index (χ0) is 8.27. The molecule has 0 saturated heterocycles. The Hall–Kier alpha value is -0.640. The molecule has 1 aromatic heterocycles. The first kappa shape index (κ1) is 8.46. The standard InChI is InChI=1S/C5H2B2BrNO2/c6-10-4-2-1-3(8)5(9-4)11-7/h1-2H. The monoisotopic (exact) mass is 209 g/mol. The summed E-state index contributed by atoms with van der Waals surface area (Å²) in [5.74, 6) is 0.474. The highest BCUT2D eigenvalue weighted by Gasteiger charge is 2.01. The summed E-state index contributed by atoms with van der Waals surface area (Å²) in [6, 6.07) is 3.24. The second-order valence-electron chi connectivity index (χ2n) is 1.67. The Balaban J connectivity index is 3.02. The largest absolute Gasteiger partial charge is 0.555 e. The Morgan fingerprint density at radius 3 is 2.55 bits per heavy atom. The van der Waals surface area contributed by atoms with E-state index in [0.29, 0.717) is 4.47 Å². The van der Waals surface area contributed by atoms with Gasteiger partial charge in [0.1, 0.15) is 0 Å². The molecular formula is C5H2B2BrNO2. The molecule has 0 aliphatic carbocycles. The molecule has 0 unspecified atom stereocenters. The van der Waals surface area contributed by atoms with E-state index in [1.54, 1.807) is 12.1 Å². The zero-order valence-corrected chi connectivity index (χ0v) is 7.04.